The molecule has 1 aromatic carbocycles. The van der Waals surface area contributed by atoms with Gasteiger partial charge in [-0.1, -0.05) is 26.0 Å². The van der Waals surface area contributed by atoms with Gasteiger partial charge in [0.2, 0.25) is 0 Å². The zero-order valence-corrected chi connectivity index (χ0v) is 16.3. The molecule has 1 fully saturated rings. The minimum Gasteiger partial charge on any atom is -0.462 e. The van der Waals surface area contributed by atoms with E-state index in [-0.39, 0.29) is 6.10 Å². The van der Waals surface area contributed by atoms with Gasteiger partial charge < -0.3 is 9.64 Å². The lowest BCUT2D eigenvalue weighted by Crippen LogP contribution is -2.40. The molecule has 6 nitrogen and oxygen atoms in total. The van der Waals surface area contributed by atoms with E-state index < -0.39 is 11.9 Å². The SMILES string of the molecule is CC(C)OC(=O)[C@@H](C#N)c1nc2ccccc2nc1N1C[C@H](C)C[C@H](C)C1. The maximum absolute atomic E-state index is 12.6. The highest BCUT2D eigenvalue weighted by Crippen LogP contribution is 2.32. The average molecular weight is 366 g/mol. The summed E-state index contributed by atoms with van der Waals surface area (Å²) in [6.07, 6.45) is 0.865. The number of fused-ring (bicyclic) bond motifs is 1. The van der Waals surface area contributed by atoms with Gasteiger partial charge in [-0.15, -0.1) is 0 Å². The monoisotopic (exact) mass is 366 g/mol. The molecule has 3 rings (SSSR count). The number of esters is 1. The molecule has 0 amide bonds. The predicted octanol–water partition coefficient (Wildman–Crippen LogP) is 3.67. The van der Waals surface area contributed by atoms with Crippen molar-refractivity contribution in [1.29, 1.82) is 5.26 Å². The molecule has 0 radical (unpaired) electrons. The minimum absolute atomic E-state index is 0.291. The highest BCUT2D eigenvalue weighted by Gasteiger charge is 2.32. The summed E-state index contributed by atoms with van der Waals surface area (Å²) in [5.74, 6) is -0.0149. The van der Waals surface area contributed by atoms with Crippen molar-refractivity contribution in [1.82, 2.24) is 9.97 Å². The van der Waals surface area contributed by atoms with Gasteiger partial charge in [0.05, 0.1) is 23.2 Å². The summed E-state index contributed by atoms with van der Waals surface area (Å²) in [7, 11) is 0. The Labute approximate surface area is 160 Å². The molecule has 0 N–H and O–H groups in total. The van der Waals surface area contributed by atoms with Crippen LogP contribution in [0.4, 0.5) is 5.82 Å². The number of ether oxygens (including phenoxy) is 1. The van der Waals surface area contributed by atoms with Crippen LogP contribution in [0.2, 0.25) is 0 Å². The Balaban J connectivity index is 2.11. The number of carbonyl (C=O) groups excluding carboxylic acids is 1. The number of anilines is 1. The first kappa shape index (κ1) is 19.1. The quantitative estimate of drug-likeness (QED) is 0.768. The summed E-state index contributed by atoms with van der Waals surface area (Å²) in [4.78, 5) is 24.2. The van der Waals surface area contributed by atoms with Crippen LogP contribution in [0.3, 0.4) is 0 Å². The van der Waals surface area contributed by atoms with Crippen LogP contribution in [0.15, 0.2) is 24.3 Å². The van der Waals surface area contributed by atoms with E-state index in [1.807, 2.05) is 24.3 Å². The Morgan fingerprint density at radius 2 is 1.78 bits per heavy atom. The van der Waals surface area contributed by atoms with Crippen molar-refractivity contribution >= 4 is 22.8 Å². The van der Waals surface area contributed by atoms with Gasteiger partial charge in [0, 0.05) is 13.1 Å². The standard InChI is InChI=1S/C21H26N4O2/c1-13(2)27-21(26)16(10-22)19-20(25-11-14(3)9-15(4)12-25)24-18-8-6-5-7-17(18)23-19/h5-8,13-16H,9,11-12H2,1-4H3/t14-,15+,16-/m0/s1. The highest BCUT2D eigenvalue weighted by atomic mass is 16.5. The van der Waals surface area contributed by atoms with Crippen molar-refractivity contribution < 1.29 is 9.53 Å². The number of para-hydroxylation sites is 2. The van der Waals surface area contributed by atoms with E-state index in [1.165, 1.54) is 0 Å². The molecule has 0 unspecified atom stereocenters. The molecular formula is C21H26N4O2. The Bertz CT molecular complexity index is 864. The zero-order valence-electron chi connectivity index (χ0n) is 16.3. The van der Waals surface area contributed by atoms with E-state index >= 15 is 0 Å². The first-order valence-corrected chi connectivity index (χ1v) is 9.50. The second-order valence-corrected chi connectivity index (χ2v) is 7.82. The first-order chi connectivity index (χ1) is 12.9. The van der Waals surface area contributed by atoms with Gasteiger partial charge in [0.25, 0.3) is 0 Å². The van der Waals surface area contributed by atoms with Crippen molar-refractivity contribution in [3.8, 4) is 6.07 Å². The molecule has 142 valence electrons. The van der Waals surface area contributed by atoms with E-state index in [2.05, 4.69) is 29.8 Å². The summed E-state index contributed by atoms with van der Waals surface area (Å²) in [5, 5.41) is 9.72. The van der Waals surface area contributed by atoms with Crippen molar-refractivity contribution in [2.45, 2.75) is 46.1 Å². The number of rotatable bonds is 4. The molecule has 1 saturated heterocycles. The molecule has 0 aliphatic carbocycles. The molecule has 1 aromatic heterocycles. The molecule has 2 aromatic rings. The van der Waals surface area contributed by atoms with Crippen LogP contribution in [0.5, 0.6) is 0 Å². The Hall–Kier alpha value is -2.68. The molecular weight excluding hydrogens is 340 g/mol. The topological polar surface area (TPSA) is 79.1 Å². The second-order valence-electron chi connectivity index (χ2n) is 7.82. The molecule has 1 aliphatic heterocycles. The normalized spacial score (nSPS) is 21.1. The highest BCUT2D eigenvalue weighted by molar-refractivity contribution is 5.85. The summed E-state index contributed by atoms with van der Waals surface area (Å²) in [6.45, 7) is 9.64. The van der Waals surface area contributed by atoms with Crippen LogP contribution in [0, 0.1) is 23.2 Å². The number of hydrogen-bond donors (Lipinski definition) is 0. The molecule has 0 spiro atoms. The number of hydrogen-bond acceptors (Lipinski definition) is 6. The molecule has 2 heterocycles. The first-order valence-electron chi connectivity index (χ1n) is 9.50. The third-order valence-electron chi connectivity index (χ3n) is 4.74. The Kier molecular flexibility index (Phi) is 5.59. The van der Waals surface area contributed by atoms with Gasteiger partial charge in [-0.05, 0) is 44.2 Å². The average Bonchev–Trinajstić information content (AvgIpc) is 2.60. The number of carbonyl (C=O) groups is 1. The van der Waals surface area contributed by atoms with Crippen LogP contribution in [0.1, 0.15) is 45.7 Å². The third-order valence-corrected chi connectivity index (χ3v) is 4.74. The number of nitrogens with zero attached hydrogens (tertiary/aromatic N) is 4. The molecule has 27 heavy (non-hydrogen) atoms. The van der Waals surface area contributed by atoms with Gasteiger partial charge in [-0.2, -0.15) is 5.26 Å². The fourth-order valence-electron chi connectivity index (χ4n) is 3.79. The number of piperidine rings is 1. The van der Waals surface area contributed by atoms with Gasteiger partial charge in [0.15, 0.2) is 11.7 Å². The number of benzene rings is 1. The van der Waals surface area contributed by atoms with Crippen LogP contribution in [-0.4, -0.2) is 35.1 Å². The summed E-state index contributed by atoms with van der Waals surface area (Å²) >= 11 is 0. The van der Waals surface area contributed by atoms with Crippen molar-refractivity contribution in [3.63, 3.8) is 0 Å². The van der Waals surface area contributed by atoms with E-state index in [9.17, 15) is 10.1 Å². The number of aromatic nitrogens is 2. The molecule has 1 aliphatic rings. The Morgan fingerprint density at radius 3 is 2.33 bits per heavy atom. The number of nitriles is 1. The fraction of sp³-hybridized carbons (Fsp3) is 0.524. The summed E-state index contributed by atoms with van der Waals surface area (Å²) in [5.41, 5.74) is 1.83. The van der Waals surface area contributed by atoms with Crippen molar-refractivity contribution in [2.24, 2.45) is 11.8 Å². The van der Waals surface area contributed by atoms with Crippen LogP contribution < -0.4 is 4.90 Å². The smallest absolute Gasteiger partial charge is 0.329 e. The maximum atomic E-state index is 12.6. The lowest BCUT2D eigenvalue weighted by atomic mass is 9.91. The van der Waals surface area contributed by atoms with E-state index in [0.717, 1.165) is 25.0 Å². The van der Waals surface area contributed by atoms with Crippen LogP contribution in [0.25, 0.3) is 11.0 Å². The zero-order chi connectivity index (χ0) is 19.6. The summed E-state index contributed by atoms with van der Waals surface area (Å²) < 4.78 is 5.31. The van der Waals surface area contributed by atoms with E-state index in [1.54, 1.807) is 13.8 Å². The fourth-order valence-corrected chi connectivity index (χ4v) is 3.79. The maximum Gasteiger partial charge on any atom is 0.329 e. The van der Waals surface area contributed by atoms with E-state index in [4.69, 9.17) is 9.72 Å². The van der Waals surface area contributed by atoms with Crippen molar-refractivity contribution in [2.75, 3.05) is 18.0 Å². The molecule has 6 heteroatoms. The molecule has 0 bridgehead atoms. The van der Waals surface area contributed by atoms with E-state index in [0.29, 0.717) is 28.9 Å². The van der Waals surface area contributed by atoms with Gasteiger partial charge in [-0.3, -0.25) is 4.79 Å². The predicted molar refractivity (Wildman–Crippen MR) is 104 cm³/mol. The molecule has 0 saturated carbocycles. The summed E-state index contributed by atoms with van der Waals surface area (Å²) in [6, 6.07) is 9.62. The Morgan fingerprint density at radius 1 is 1.19 bits per heavy atom. The minimum atomic E-state index is -1.09. The molecule has 3 atom stereocenters. The largest absolute Gasteiger partial charge is 0.462 e. The van der Waals surface area contributed by atoms with Crippen LogP contribution >= 0.6 is 0 Å². The second kappa shape index (κ2) is 7.91. The lowest BCUT2D eigenvalue weighted by Gasteiger charge is -2.36. The van der Waals surface area contributed by atoms with Gasteiger partial charge in [0.1, 0.15) is 5.69 Å². The van der Waals surface area contributed by atoms with Gasteiger partial charge in [-0.25, -0.2) is 9.97 Å². The lowest BCUT2D eigenvalue weighted by molar-refractivity contribution is -0.147. The van der Waals surface area contributed by atoms with Crippen LogP contribution in [-0.2, 0) is 9.53 Å². The van der Waals surface area contributed by atoms with Gasteiger partial charge >= 0.3 is 5.97 Å². The third kappa shape index (κ3) is 4.19. The van der Waals surface area contributed by atoms with Crippen molar-refractivity contribution in [3.05, 3.63) is 30.0 Å².